The van der Waals surface area contributed by atoms with Gasteiger partial charge in [0.15, 0.2) is 0 Å². The zero-order valence-electron chi connectivity index (χ0n) is 9.66. The molecule has 2 aromatic rings. The molecule has 2 aromatic carbocycles. The molecule has 0 saturated carbocycles. The molecule has 2 rings (SSSR count). The number of nitrogens with one attached hydrogen (secondary N) is 2. The zero-order valence-corrected chi connectivity index (χ0v) is 9.66. The Hall–Kier alpha value is -2.29. The van der Waals surface area contributed by atoms with Gasteiger partial charge in [0.25, 0.3) is 0 Å². The van der Waals surface area contributed by atoms with Crippen LogP contribution >= 0.6 is 0 Å². The van der Waals surface area contributed by atoms with E-state index >= 15 is 0 Å². The van der Waals surface area contributed by atoms with Crippen LogP contribution < -0.4 is 10.6 Å². The standard InChI is InChI=1S/C14H14N2O/c1-10(2)15-14(17)16-13-9-5-7-11-6-3-4-8-12(11)13/h3-9H,1H2,2H3,(H2,15,16,17). The summed E-state index contributed by atoms with van der Waals surface area (Å²) >= 11 is 0. The predicted molar refractivity (Wildman–Crippen MR) is 70.9 cm³/mol. The summed E-state index contributed by atoms with van der Waals surface area (Å²) in [5.41, 5.74) is 1.41. The summed E-state index contributed by atoms with van der Waals surface area (Å²) < 4.78 is 0. The van der Waals surface area contributed by atoms with Crippen LogP contribution in [0.15, 0.2) is 54.7 Å². The van der Waals surface area contributed by atoms with Crippen molar-refractivity contribution >= 4 is 22.5 Å². The van der Waals surface area contributed by atoms with Crippen molar-refractivity contribution in [2.24, 2.45) is 0 Å². The van der Waals surface area contributed by atoms with Crippen molar-refractivity contribution in [3.8, 4) is 0 Å². The molecule has 0 aliphatic rings. The van der Waals surface area contributed by atoms with Crippen LogP contribution in [-0.4, -0.2) is 6.03 Å². The second-order valence-electron chi connectivity index (χ2n) is 3.89. The van der Waals surface area contributed by atoms with Crippen LogP contribution in [-0.2, 0) is 0 Å². The van der Waals surface area contributed by atoms with Gasteiger partial charge in [0.2, 0.25) is 0 Å². The molecule has 17 heavy (non-hydrogen) atoms. The quantitative estimate of drug-likeness (QED) is 0.808. The normalized spacial score (nSPS) is 9.94. The number of carbonyl (C=O) groups is 1. The summed E-state index contributed by atoms with van der Waals surface area (Å²) in [6.07, 6.45) is 0. The number of carbonyl (C=O) groups excluding carboxylic acids is 1. The highest BCUT2D eigenvalue weighted by Gasteiger charge is 2.04. The van der Waals surface area contributed by atoms with E-state index in [9.17, 15) is 4.79 Å². The first-order chi connectivity index (χ1) is 8.16. The minimum absolute atomic E-state index is 0.270. The number of anilines is 1. The molecule has 0 saturated heterocycles. The van der Waals surface area contributed by atoms with E-state index in [2.05, 4.69) is 17.2 Å². The van der Waals surface area contributed by atoms with Crippen LogP contribution in [0.4, 0.5) is 10.5 Å². The molecule has 2 amide bonds. The van der Waals surface area contributed by atoms with Gasteiger partial charge >= 0.3 is 6.03 Å². The van der Waals surface area contributed by atoms with Crippen molar-refractivity contribution in [1.29, 1.82) is 0 Å². The third kappa shape index (κ3) is 2.64. The van der Waals surface area contributed by atoms with E-state index in [1.165, 1.54) is 0 Å². The number of amides is 2. The minimum atomic E-state index is -0.270. The van der Waals surface area contributed by atoms with Crippen molar-refractivity contribution in [2.45, 2.75) is 6.92 Å². The maximum Gasteiger partial charge on any atom is 0.323 e. The SMILES string of the molecule is C=C(C)NC(=O)Nc1cccc2ccccc12. The van der Waals surface area contributed by atoms with Crippen LogP contribution in [0, 0.1) is 0 Å². The highest BCUT2D eigenvalue weighted by atomic mass is 16.2. The molecular weight excluding hydrogens is 212 g/mol. The lowest BCUT2D eigenvalue weighted by molar-refractivity contribution is 0.254. The van der Waals surface area contributed by atoms with Crippen LogP contribution in [0.2, 0.25) is 0 Å². The van der Waals surface area contributed by atoms with E-state index in [4.69, 9.17) is 0 Å². The number of urea groups is 1. The maximum atomic E-state index is 11.6. The summed E-state index contributed by atoms with van der Waals surface area (Å²) in [5.74, 6) is 0. The van der Waals surface area contributed by atoms with Crippen LogP contribution in [0.25, 0.3) is 10.8 Å². The number of hydrogen-bond donors (Lipinski definition) is 2. The Balaban J connectivity index is 2.30. The molecule has 0 heterocycles. The lowest BCUT2D eigenvalue weighted by atomic mass is 10.1. The van der Waals surface area contributed by atoms with Gasteiger partial charge in [0.1, 0.15) is 0 Å². The number of fused-ring (bicyclic) bond motifs is 1. The van der Waals surface area contributed by atoms with Gasteiger partial charge in [-0.1, -0.05) is 43.0 Å². The summed E-state index contributed by atoms with van der Waals surface area (Å²) in [7, 11) is 0. The van der Waals surface area contributed by atoms with E-state index in [1.54, 1.807) is 6.92 Å². The highest BCUT2D eigenvalue weighted by Crippen LogP contribution is 2.22. The molecule has 3 nitrogen and oxygen atoms in total. The number of hydrogen-bond acceptors (Lipinski definition) is 1. The fourth-order valence-electron chi connectivity index (χ4n) is 1.68. The van der Waals surface area contributed by atoms with Gasteiger partial charge in [-0.25, -0.2) is 4.79 Å². The van der Waals surface area contributed by atoms with Crippen molar-refractivity contribution in [3.63, 3.8) is 0 Å². The average Bonchev–Trinajstić information content (AvgIpc) is 2.28. The van der Waals surface area contributed by atoms with Crippen LogP contribution in [0.3, 0.4) is 0 Å². The van der Waals surface area contributed by atoms with Crippen molar-refractivity contribution in [2.75, 3.05) is 5.32 Å². The largest absolute Gasteiger partial charge is 0.323 e. The van der Waals surface area contributed by atoms with E-state index in [-0.39, 0.29) is 6.03 Å². The van der Waals surface area contributed by atoms with Gasteiger partial charge in [-0.05, 0) is 18.4 Å². The summed E-state index contributed by atoms with van der Waals surface area (Å²) in [5, 5.41) is 7.53. The Morgan fingerprint density at radius 1 is 1.12 bits per heavy atom. The molecule has 2 N–H and O–H groups in total. The monoisotopic (exact) mass is 226 g/mol. The maximum absolute atomic E-state index is 11.6. The molecule has 86 valence electrons. The molecule has 0 spiro atoms. The fraction of sp³-hybridized carbons (Fsp3) is 0.0714. The summed E-state index contributed by atoms with van der Waals surface area (Å²) in [6, 6.07) is 13.4. The molecule has 3 heteroatoms. The van der Waals surface area contributed by atoms with E-state index in [0.717, 1.165) is 16.5 Å². The molecule has 0 atom stereocenters. The Bertz CT molecular complexity index is 570. The van der Waals surface area contributed by atoms with Gasteiger partial charge in [-0.2, -0.15) is 0 Å². The van der Waals surface area contributed by atoms with Gasteiger partial charge in [-0.15, -0.1) is 0 Å². The average molecular weight is 226 g/mol. The predicted octanol–water partition coefficient (Wildman–Crippen LogP) is 3.49. The van der Waals surface area contributed by atoms with Gasteiger partial charge in [0.05, 0.1) is 5.69 Å². The lowest BCUT2D eigenvalue weighted by Crippen LogP contribution is -2.26. The second kappa shape index (κ2) is 4.70. The van der Waals surface area contributed by atoms with E-state index < -0.39 is 0 Å². The first-order valence-electron chi connectivity index (χ1n) is 5.38. The van der Waals surface area contributed by atoms with Crippen LogP contribution in [0.5, 0.6) is 0 Å². The number of allylic oxidation sites excluding steroid dienone is 1. The highest BCUT2D eigenvalue weighted by molar-refractivity contribution is 6.01. The molecule has 0 radical (unpaired) electrons. The smallest absolute Gasteiger partial charge is 0.312 e. The molecular formula is C14H14N2O. The van der Waals surface area contributed by atoms with Crippen molar-refractivity contribution in [3.05, 3.63) is 54.7 Å². The Morgan fingerprint density at radius 3 is 2.59 bits per heavy atom. The van der Waals surface area contributed by atoms with Crippen molar-refractivity contribution < 1.29 is 4.79 Å². The molecule has 0 aromatic heterocycles. The lowest BCUT2D eigenvalue weighted by Gasteiger charge is -2.09. The fourth-order valence-corrected chi connectivity index (χ4v) is 1.68. The van der Waals surface area contributed by atoms with Crippen LogP contribution in [0.1, 0.15) is 6.92 Å². The molecule has 0 aliphatic carbocycles. The number of rotatable bonds is 2. The summed E-state index contributed by atoms with van der Waals surface area (Å²) in [4.78, 5) is 11.6. The molecule has 0 unspecified atom stereocenters. The second-order valence-corrected chi connectivity index (χ2v) is 3.89. The third-order valence-corrected chi connectivity index (χ3v) is 2.36. The Kier molecular flexibility index (Phi) is 3.10. The van der Waals surface area contributed by atoms with Crippen molar-refractivity contribution in [1.82, 2.24) is 5.32 Å². The van der Waals surface area contributed by atoms with Gasteiger partial charge in [0, 0.05) is 11.1 Å². The molecule has 0 fully saturated rings. The topological polar surface area (TPSA) is 41.1 Å². The minimum Gasteiger partial charge on any atom is -0.312 e. The van der Waals surface area contributed by atoms with Gasteiger partial charge < -0.3 is 10.6 Å². The Labute approximate surface area is 100 Å². The third-order valence-electron chi connectivity index (χ3n) is 2.36. The first-order valence-corrected chi connectivity index (χ1v) is 5.38. The Morgan fingerprint density at radius 2 is 1.82 bits per heavy atom. The molecule has 0 aliphatic heterocycles. The van der Waals surface area contributed by atoms with E-state index in [1.807, 2.05) is 42.5 Å². The van der Waals surface area contributed by atoms with Gasteiger partial charge in [-0.3, -0.25) is 0 Å². The molecule has 0 bridgehead atoms. The van der Waals surface area contributed by atoms with E-state index in [0.29, 0.717) is 5.70 Å². The zero-order chi connectivity index (χ0) is 12.3. The first kappa shape index (κ1) is 11.2. The summed E-state index contributed by atoms with van der Waals surface area (Å²) in [6.45, 7) is 5.37. The number of benzene rings is 2.